The lowest BCUT2D eigenvalue weighted by atomic mass is 9.93. The van der Waals surface area contributed by atoms with Crippen molar-refractivity contribution in [2.24, 2.45) is 10.1 Å². The molecule has 0 saturated carbocycles. The zero-order valence-electron chi connectivity index (χ0n) is 27.3. The third kappa shape index (κ3) is 7.89. The molecule has 6 rings (SSSR count). The van der Waals surface area contributed by atoms with E-state index in [1.165, 1.54) is 12.1 Å². The summed E-state index contributed by atoms with van der Waals surface area (Å²) in [6.07, 6.45) is 0. The Morgan fingerprint density at radius 1 is 0.880 bits per heavy atom. The highest BCUT2D eigenvalue weighted by Crippen LogP contribution is 2.46. The Morgan fingerprint density at radius 3 is 2.06 bits per heavy atom. The standard InChI is InChI=1S/C34H37Cl3N6O6S/c1-2-49-28-20-27(37)29(50(38,46)47)19-26(28)33-39-31(22-3-7-24(35)8-4-22)32(23-5-9-25(36)10-6-23)43(33)34(45)42-13-11-40(12-14-42)21-30(44)41-15-17-48-18-16-41/h3-10,19-20,31-32H,2,11-18,21H2,1H3,(H2,38,46,47)/t31-,32+/m0/s1. The van der Waals surface area contributed by atoms with E-state index >= 15 is 0 Å². The second kappa shape index (κ2) is 15.4. The predicted octanol–water partition coefficient (Wildman–Crippen LogP) is 4.83. The van der Waals surface area contributed by atoms with Gasteiger partial charge in [-0.05, 0) is 48.4 Å². The maximum Gasteiger partial charge on any atom is 0.326 e. The minimum Gasteiger partial charge on any atom is -0.493 e. The average molecular weight is 764 g/mol. The van der Waals surface area contributed by atoms with Gasteiger partial charge in [-0.25, -0.2) is 18.4 Å². The molecule has 0 bridgehead atoms. The number of aliphatic imine (C=N–C) groups is 1. The van der Waals surface area contributed by atoms with E-state index < -0.39 is 22.1 Å². The van der Waals surface area contributed by atoms with Crippen molar-refractivity contribution in [3.63, 3.8) is 0 Å². The average Bonchev–Trinajstić information content (AvgIpc) is 3.49. The molecule has 2 saturated heterocycles. The summed E-state index contributed by atoms with van der Waals surface area (Å²) < 4.78 is 36.6. The van der Waals surface area contributed by atoms with Crippen molar-refractivity contribution < 1.29 is 27.5 Å². The Hall–Kier alpha value is -3.43. The van der Waals surface area contributed by atoms with E-state index in [0.717, 1.165) is 11.1 Å². The number of primary sulfonamides is 1. The van der Waals surface area contributed by atoms with E-state index in [0.29, 0.717) is 62.5 Å². The maximum absolute atomic E-state index is 14.9. The van der Waals surface area contributed by atoms with E-state index in [-0.39, 0.29) is 52.2 Å². The van der Waals surface area contributed by atoms with Gasteiger partial charge in [-0.2, -0.15) is 0 Å². The zero-order chi connectivity index (χ0) is 35.6. The lowest BCUT2D eigenvalue weighted by Gasteiger charge is -2.39. The Bertz CT molecular complexity index is 1870. The summed E-state index contributed by atoms with van der Waals surface area (Å²) in [6, 6.07) is 15.4. The summed E-state index contributed by atoms with van der Waals surface area (Å²) in [5, 5.41) is 6.51. The van der Waals surface area contributed by atoms with Crippen molar-refractivity contribution in [1.82, 2.24) is 19.6 Å². The van der Waals surface area contributed by atoms with E-state index in [4.69, 9.17) is 54.4 Å². The molecule has 0 spiro atoms. The molecule has 266 valence electrons. The van der Waals surface area contributed by atoms with Crippen LogP contribution in [0.5, 0.6) is 5.75 Å². The molecular weight excluding hydrogens is 727 g/mol. The second-order valence-electron chi connectivity index (χ2n) is 12.1. The molecule has 50 heavy (non-hydrogen) atoms. The highest BCUT2D eigenvalue weighted by atomic mass is 35.5. The number of urea groups is 1. The molecule has 3 aromatic carbocycles. The molecule has 0 aliphatic carbocycles. The summed E-state index contributed by atoms with van der Waals surface area (Å²) in [5.74, 6) is 0.455. The molecule has 0 aromatic heterocycles. The van der Waals surface area contributed by atoms with Crippen LogP contribution < -0.4 is 9.88 Å². The van der Waals surface area contributed by atoms with Crippen LogP contribution in [0.25, 0.3) is 0 Å². The summed E-state index contributed by atoms with van der Waals surface area (Å²) in [6.45, 7) is 6.10. The molecule has 2 N–H and O–H groups in total. The summed E-state index contributed by atoms with van der Waals surface area (Å²) in [5.41, 5.74) is 1.75. The molecule has 3 aromatic rings. The van der Waals surface area contributed by atoms with Gasteiger partial charge in [0.2, 0.25) is 15.9 Å². The number of hydrogen-bond donors (Lipinski definition) is 1. The number of rotatable bonds is 8. The third-order valence-electron chi connectivity index (χ3n) is 8.94. The van der Waals surface area contributed by atoms with Gasteiger partial charge in [0.15, 0.2) is 0 Å². The molecule has 3 aliphatic rings. The van der Waals surface area contributed by atoms with Crippen molar-refractivity contribution in [3.8, 4) is 5.75 Å². The molecule has 3 heterocycles. The van der Waals surface area contributed by atoms with Gasteiger partial charge in [0.05, 0.1) is 43.0 Å². The lowest BCUT2D eigenvalue weighted by Crippen LogP contribution is -2.56. The second-order valence-corrected chi connectivity index (χ2v) is 14.9. The number of amides is 3. The highest BCUT2D eigenvalue weighted by Gasteiger charge is 2.45. The summed E-state index contributed by atoms with van der Waals surface area (Å²) in [7, 11) is -4.27. The monoisotopic (exact) mass is 762 g/mol. The Kier molecular flexibility index (Phi) is 11.2. The van der Waals surface area contributed by atoms with Crippen LogP contribution in [-0.4, -0.2) is 111 Å². The molecule has 3 aliphatic heterocycles. The van der Waals surface area contributed by atoms with Gasteiger partial charge in [-0.3, -0.25) is 19.6 Å². The van der Waals surface area contributed by atoms with Gasteiger partial charge in [0, 0.05) is 55.4 Å². The third-order valence-corrected chi connectivity index (χ3v) is 10.8. The summed E-state index contributed by atoms with van der Waals surface area (Å²) in [4.78, 5) is 39.8. The number of morpholine rings is 1. The van der Waals surface area contributed by atoms with Crippen LogP contribution in [0.1, 0.15) is 35.7 Å². The molecular formula is C34H37Cl3N6O6S. The fourth-order valence-corrected chi connectivity index (χ4v) is 7.75. The molecule has 3 amide bonds. The van der Waals surface area contributed by atoms with Crippen LogP contribution in [0, 0.1) is 0 Å². The predicted molar refractivity (Wildman–Crippen MR) is 192 cm³/mol. The van der Waals surface area contributed by atoms with Crippen molar-refractivity contribution in [1.29, 1.82) is 0 Å². The van der Waals surface area contributed by atoms with E-state index in [1.807, 2.05) is 29.2 Å². The van der Waals surface area contributed by atoms with Crippen molar-refractivity contribution in [3.05, 3.63) is 92.4 Å². The highest BCUT2D eigenvalue weighted by molar-refractivity contribution is 7.89. The first-order chi connectivity index (χ1) is 23.9. The van der Waals surface area contributed by atoms with Crippen LogP contribution in [0.2, 0.25) is 15.1 Å². The van der Waals surface area contributed by atoms with E-state index in [1.54, 1.807) is 45.9 Å². The smallest absolute Gasteiger partial charge is 0.326 e. The van der Waals surface area contributed by atoms with Crippen molar-refractivity contribution >= 4 is 62.6 Å². The van der Waals surface area contributed by atoms with Crippen LogP contribution >= 0.6 is 34.8 Å². The molecule has 2 fully saturated rings. The van der Waals surface area contributed by atoms with Crippen LogP contribution in [0.4, 0.5) is 4.79 Å². The van der Waals surface area contributed by atoms with Crippen LogP contribution in [-0.2, 0) is 19.6 Å². The fraction of sp³-hybridized carbons (Fsp3) is 0.382. The molecule has 16 heteroatoms. The van der Waals surface area contributed by atoms with Gasteiger partial charge < -0.3 is 19.3 Å². The first-order valence-corrected chi connectivity index (χ1v) is 18.9. The molecule has 0 radical (unpaired) electrons. The molecule has 0 unspecified atom stereocenters. The fourth-order valence-electron chi connectivity index (χ4n) is 6.41. The topological polar surface area (TPSA) is 138 Å². The SMILES string of the molecule is CCOc1cc(Cl)c(S(N)(=O)=O)cc1C1=N[C@@H](c2ccc(Cl)cc2)[C@@H](c2ccc(Cl)cc2)N1C(=O)N1CCN(CC(=O)N2CCOCC2)CC1. The van der Waals surface area contributed by atoms with Crippen LogP contribution in [0.15, 0.2) is 70.6 Å². The number of benzene rings is 3. The number of piperazine rings is 1. The number of ether oxygens (including phenoxy) is 2. The largest absolute Gasteiger partial charge is 0.493 e. The van der Waals surface area contributed by atoms with Gasteiger partial charge in [0.25, 0.3) is 0 Å². The number of nitrogens with zero attached hydrogens (tertiary/aromatic N) is 5. The maximum atomic E-state index is 14.9. The number of carbonyl (C=O) groups is 2. The van der Waals surface area contributed by atoms with Crippen LogP contribution in [0.3, 0.4) is 0 Å². The zero-order valence-corrected chi connectivity index (χ0v) is 30.4. The quantitative estimate of drug-likeness (QED) is 0.347. The number of carbonyl (C=O) groups excluding carboxylic acids is 2. The summed E-state index contributed by atoms with van der Waals surface area (Å²) >= 11 is 19.0. The Labute approximate surface area is 306 Å². The first-order valence-electron chi connectivity index (χ1n) is 16.2. The van der Waals surface area contributed by atoms with Gasteiger partial charge in [0.1, 0.15) is 22.5 Å². The van der Waals surface area contributed by atoms with Gasteiger partial charge in [-0.1, -0.05) is 59.1 Å². The normalized spacial score (nSPS) is 20.2. The van der Waals surface area contributed by atoms with Gasteiger partial charge >= 0.3 is 6.03 Å². The number of halogens is 3. The van der Waals surface area contributed by atoms with Crippen molar-refractivity contribution in [2.75, 3.05) is 65.6 Å². The minimum atomic E-state index is -4.27. The minimum absolute atomic E-state index is 0.0347. The van der Waals surface area contributed by atoms with Crippen molar-refractivity contribution in [2.45, 2.75) is 23.9 Å². The number of hydrogen-bond acceptors (Lipinski definition) is 8. The lowest BCUT2D eigenvalue weighted by molar-refractivity contribution is -0.136. The Morgan fingerprint density at radius 2 is 1.48 bits per heavy atom. The molecule has 2 atom stereocenters. The Balaban J connectivity index is 1.41. The van der Waals surface area contributed by atoms with Gasteiger partial charge in [-0.15, -0.1) is 0 Å². The van der Waals surface area contributed by atoms with E-state index in [2.05, 4.69) is 0 Å². The first kappa shape index (κ1) is 36.4. The molecule has 12 nitrogen and oxygen atoms in total. The number of amidine groups is 1. The number of sulfonamides is 1. The van der Waals surface area contributed by atoms with E-state index in [9.17, 15) is 18.0 Å². The number of nitrogens with two attached hydrogens (primary N) is 1.